The Hall–Kier alpha value is -5.71. The maximum Gasteiger partial charge on any atom is 0.496 e. The molecule has 1 aromatic heterocycles. The fourth-order valence-corrected chi connectivity index (χ4v) is 8.31. The number of phenols is 1. The van der Waals surface area contributed by atoms with Gasteiger partial charge in [-0.1, -0.05) is 23.7 Å². The Morgan fingerprint density at radius 2 is 1.75 bits per heavy atom. The highest BCUT2D eigenvalue weighted by Crippen LogP contribution is 2.34. The van der Waals surface area contributed by atoms with Crippen LogP contribution < -0.4 is 24.7 Å². The lowest BCUT2D eigenvalue weighted by atomic mass is 10.0. The Bertz CT molecular complexity index is 2350. The first-order valence-corrected chi connectivity index (χ1v) is 18.4. The lowest BCUT2D eigenvalue weighted by Crippen LogP contribution is -2.56. The summed E-state index contributed by atoms with van der Waals surface area (Å²) in [6.07, 6.45) is 1.38. The second kappa shape index (κ2) is 14.4. The number of likely N-dealkylation sites (tertiary alicyclic amines) is 1. The van der Waals surface area contributed by atoms with Crippen LogP contribution in [0.2, 0.25) is 5.02 Å². The molecule has 0 spiro atoms. The van der Waals surface area contributed by atoms with Crippen LogP contribution in [0, 0.1) is 0 Å². The van der Waals surface area contributed by atoms with Gasteiger partial charge in [0.25, 0.3) is 5.91 Å². The average Bonchev–Trinajstić information content (AvgIpc) is 3.79. The molecule has 53 heavy (non-hydrogen) atoms. The van der Waals surface area contributed by atoms with Crippen molar-refractivity contribution in [3.05, 3.63) is 95.0 Å². The van der Waals surface area contributed by atoms with Crippen LogP contribution in [0.3, 0.4) is 0 Å². The van der Waals surface area contributed by atoms with Crippen LogP contribution in [0.5, 0.6) is 23.0 Å². The summed E-state index contributed by atoms with van der Waals surface area (Å²) in [4.78, 5) is 27.0. The number of hydrogen-bond acceptors (Lipinski definition) is 11. The summed E-state index contributed by atoms with van der Waals surface area (Å²) < 4.78 is 49.5. The van der Waals surface area contributed by atoms with Crippen molar-refractivity contribution >= 4 is 56.1 Å². The summed E-state index contributed by atoms with van der Waals surface area (Å²) in [5, 5.41) is 19.9. The first-order valence-electron chi connectivity index (χ1n) is 16.6. The normalized spacial score (nSPS) is 18.4. The summed E-state index contributed by atoms with van der Waals surface area (Å²) in [5.41, 5.74) is 8.86. The number of nitrogens with two attached hydrogens (primary N) is 1. The number of aromatic hydroxyl groups is 1. The third-order valence-electron chi connectivity index (χ3n) is 9.19. The molecule has 3 amide bonds. The monoisotopic (exact) mass is 762 g/mol. The van der Waals surface area contributed by atoms with E-state index in [2.05, 4.69) is 27.3 Å². The second-order valence-corrected chi connectivity index (χ2v) is 15.1. The molecule has 0 aliphatic carbocycles. The van der Waals surface area contributed by atoms with Crippen LogP contribution >= 0.6 is 11.6 Å². The molecule has 2 aliphatic rings. The van der Waals surface area contributed by atoms with E-state index in [0.29, 0.717) is 46.7 Å². The van der Waals surface area contributed by atoms with Crippen molar-refractivity contribution in [1.29, 1.82) is 0 Å². The minimum atomic E-state index is -4.47. The van der Waals surface area contributed by atoms with Crippen molar-refractivity contribution in [2.75, 3.05) is 32.2 Å². The van der Waals surface area contributed by atoms with Gasteiger partial charge in [0.1, 0.15) is 41.5 Å². The molecule has 1 unspecified atom stereocenters. The number of halogens is 1. The smallest absolute Gasteiger partial charge is 0.496 e. The highest BCUT2D eigenvalue weighted by atomic mass is 35.5. The van der Waals surface area contributed by atoms with Crippen molar-refractivity contribution in [3.8, 4) is 23.0 Å². The Balaban J connectivity index is 1.16. The number of hydrogen-bond donors (Lipinski definition) is 3. The lowest BCUT2D eigenvalue weighted by Gasteiger charge is -2.38. The number of primary amides is 1. The first kappa shape index (κ1) is 35.7. The van der Waals surface area contributed by atoms with Gasteiger partial charge >= 0.3 is 16.1 Å². The van der Waals surface area contributed by atoms with Crippen molar-refractivity contribution in [2.24, 2.45) is 5.73 Å². The minimum absolute atomic E-state index is 0.0627. The molecule has 274 valence electrons. The molecule has 0 saturated carbocycles. The molecule has 4 N–H and O–H groups in total. The van der Waals surface area contributed by atoms with Crippen molar-refractivity contribution in [3.63, 3.8) is 0 Å². The summed E-state index contributed by atoms with van der Waals surface area (Å²) in [7, 11) is -2.37. The van der Waals surface area contributed by atoms with Gasteiger partial charge in [-0.15, -0.1) is 0 Å². The molecule has 0 bridgehead atoms. The summed E-state index contributed by atoms with van der Waals surface area (Å²) in [6.45, 7) is 2.07. The summed E-state index contributed by atoms with van der Waals surface area (Å²) in [6, 6.07) is 19.0. The molecule has 2 atom stereocenters. The van der Waals surface area contributed by atoms with Crippen LogP contribution in [0.25, 0.3) is 11.0 Å². The van der Waals surface area contributed by atoms with E-state index >= 15 is 0 Å². The zero-order valence-electron chi connectivity index (χ0n) is 28.4. The molecule has 17 heteroatoms. The summed E-state index contributed by atoms with van der Waals surface area (Å²) in [5.74, 6) is 0.663. The molecular formula is C36H35ClN6O9S+2. The number of anilines is 1. The maximum absolute atomic E-state index is 14.3. The fourth-order valence-electron chi connectivity index (χ4n) is 6.74. The first-order chi connectivity index (χ1) is 25.4. The number of ether oxygens (including phenoxy) is 2. The van der Waals surface area contributed by atoms with E-state index in [-0.39, 0.29) is 40.8 Å². The Morgan fingerprint density at radius 3 is 2.51 bits per heavy atom. The van der Waals surface area contributed by atoms with Gasteiger partial charge in [0.2, 0.25) is 6.79 Å². The summed E-state index contributed by atoms with van der Waals surface area (Å²) >= 11 is 6.19. The number of benzene rings is 4. The number of quaternary nitrogens is 1. The molecule has 5 aromatic rings. The van der Waals surface area contributed by atoms with Crippen molar-refractivity contribution in [2.45, 2.75) is 36.7 Å². The predicted molar refractivity (Wildman–Crippen MR) is 192 cm³/mol. The van der Waals surface area contributed by atoms with Gasteiger partial charge in [0.05, 0.1) is 18.6 Å². The standard InChI is InChI=1S/C36H33ClN6O9S/c1-43(19-23-6-15-31-32(18-23)50-21-49-31)16-2-3-25(20-43)42(30(35(38)45)17-22-4-9-26(44)10-5-22)36(46)39-24-7-11-27(12-8-24)51-53(47,48)34-28(37)13-14-29-33(34)41-52-40-29/h4-15,18,30H,2-3,16-17,19-21H2,1H3,(H2-2,38,39,44,45,46)/p+2/b42-25+/t30-,43?/m0/s1. The molecular weight excluding hydrogens is 728 g/mol. The predicted octanol–water partition coefficient (Wildman–Crippen LogP) is 4.60. The number of amides is 3. The zero-order chi connectivity index (χ0) is 37.3. The quantitative estimate of drug-likeness (QED) is 0.102. The van der Waals surface area contributed by atoms with Gasteiger partial charge < -0.3 is 29.0 Å². The maximum atomic E-state index is 14.3. The van der Waals surface area contributed by atoms with Crippen molar-refractivity contribution in [1.82, 2.24) is 10.3 Å². The molecule has 1 fully saturated rings. The van der Waals surface area contributed by atoms with E-state index in [0.717, 1.165) is 24.2 Å². The highest BCUT2D eigenvalue weighted by molar-refractivity contribution is 7.87. The van der Waals surface area contributed by atoms with Crippen molar-refractivity contribution < 1.29 is 50.5 Å². The van der Waals surface area contributed by atoms with Crippen LogP contribution in [0.4, 0.5) is 10.5 Å². The van der Waals surface area contributed by atoms with Gasteiger partial charge in [-0.3, -0.25) is 4.79 Å². The molecule has 3 heterocycles. The molecule has 7 rings (SSSR count). The van der Waals surface area contributed by atoms with Crippen LogP contribution in [0.15, 0.2) is 88.4 Å². The number of nitrogens with zero attached hydrogens (tertiary/aromatic N) is 4. The Kier molecular flexibility index (Phi) is 9.67. The molecule has 15 nitrogen and oxygen atoms in total. The number of phenolic OH excluding ortho intramolecular Hbond substituents is 1. The van der Waals surface area contributed by atoms with E-state index in [9.17, 15) is 23.1 Å². The molecule has 4 aromatic carbocycles. The third kappa shape index (κ3) is 7.74. The Labute approximate surface area is 308 Å². The van der Waals surface area contributed by atoms with E-state index in [4.69, 9.17) is 31.0 Å². The second-order valence-electron chi connectivity index (χ2n) is 13.2. The molecule has 0 radical (unpaired) electrons. The number of nitrogens with one attached hydrogen (secondary N) is 1. The number of piperidine rings is 1. The van der Waals surface area contributed by atoms with E-state index in [1.165, 1.54) is 53.1 Å². The number of rotatable bonds is 10. The van der Waals surface area contributed by atoms with E-state index in [1.807, 2.05) is 18.2 Å². The average molecular weight is 763 g/mol. The zero-order valence-corrected chi connectivity index (χ0v) is 30.0. The molecule has 2 aliphatic heterocycles. The van der Waals surface area contributed by atoms with Gasteiger partial charge in [-0.2, -0.15) is 17.8 Å². The number of carbonyl (C=O) groups excluding carboxylic acids is 2. The van der Waals surface area contributed by atoms with Crippen LogP contribution in [-0.4, -0.2) is 83.5 Å². The Morgan fingerprint density at radius 1 is 1.02 bits per heavy atom. The SMILES string of the molecule is C[N+]1(Cc2ccc3c(c2)OCO3)CCC/C(=[N+](\C(=O)Nc2ccc(OS(=O)(=O)c3c(Cl)ccc4nonc34)cc2)[C@@H](Cc2ccc(O)cc2)C(N)=O)C1. The topological polar surface area (TPSA) is 196 Å². The lowest BCUT2D eigenvalue weighted by molar-refractivity contribution is -0.918. The fraction of sp³-hybridized carbons (Fsp3) is 0.250. The van der Waals surface area contributed by atoms with Crippen LogP contribution in [0.1, 0.15) is 24.0 Å². The van der Waals surface area contributed by atoms with E-state index < -0.39 is 33.0 Å². The van der Waals surface area contributed by atoms with Gasteiger partial charge in [0.15, 0.2) is 28.0 Å². The van der Waals surface area contributed by atoms with Crippen LogP contribution in [-0.2, 0) is 27.9 Å². The largest absolute Gasteiger partial charge is 0.508 e. The number of urea groups is 1. The van der Waals surface area contributed by atoms with Gasteiger partial charge in [-0.05, 0) is 82.6 Å². The van der Waals surface area contributed by atoms with Gasteiger partial charge in [0, 0.05) is 24.8 Å². The number of fused-ring (bicyclic) bond motifs is 2. The van der Waals surface area contributed by atoms with E-state index in [1.54, 1.807) is 12.1 Å². The number of aromatic nitrogens is 2. The highest BCUT2D eigenvalue weighted by Gasteiger charge is 2.39. The molecule has 1 saturated heterocycles. The van der Waals surface area contributed by atoms with Gasteiger partial charge in [-0.25, -0.2) is 9.95 Å². The third-order valence-corrected chi connectivity index (χ3v) is 10.9. The minimum Gasteiger partial charge on any atom is -0.508 e. The number of carbonyl (C=O) groups is 2.